The fourth-order valence-electron chi connectivity index (χ4n) is 1.82. The van der Waals surface area contributed by atoms with E-state index in [0.717, 1.165) is 11.3 Å². The van der Waals surface area contributed by atoms with E-state index >= 15 is 0 Å². The maximum atomic E-state index is 10.7. The number of nitro benzene ring substituents is 1. The van der Waals surface area contributed by atoms with Crippen LogP contribution in [0.2, 0.25) is 5.02 Å². The third kappa shape index (κ3) is 3.23. The van der Waals surface area contributed by atoms with E-state index in [0.29, 0.717) is 0 Å². The van der Waals surface area contributed by atoms with E-state index in [-0.39, 0.29) is 16.8 Å². The summed E-state index contributed by atoms with van der Waals surface area (Å²) in [6.07, 6.45) is 0. The maximum absolute atomic E-state index is 10.7. The smallest absolute Gasteiger partial charge is 0.288 e. The molecule has 0 aliphatic carbocycles. The van der Waals surface area contributed by atoms with Gasteiger partial charge in [0, 0.05) is 17.8 Å². The van der Waals surface area contributed by atoms with E-state index in [9.17, 15) is 10.1 Å². The third-order valence-corrected chi connectivity index (χ3v) is 3.13. The van der Waals surface area contributed by atoms with Crippen LogP contribution in [0.4, 0.5) is 11.4 Å². The predicted molar refractivity (Wildman–Crippen MR) is 76.6 cm³/mol. The molecule has 98 valence electrons. The number of anilines is 1. The van der Waals surface area contributed by atoms with Crippen LogP contribution in [-0.2, 0) is 0 Å². The van der Waals surface area contributed by atoms with Gasteiger partial charge in [-0.15, -0.1) is 0 Å². The Balaban J connectivity index is 2.16. The van der Waals surface area contributed by atoms with Crippen LogP contribution in [-0.4, -0.2) is 4.92 Å². The number of benzene rings is 2. The van der Waals surface area contributed by atoms with Gasteiger partial charge in [0.15, 0.2) is 0 Å². The predicted octanol–water partition coefficient (Wildman–Crippen LogP) is 4.42. The lowest BCUT2D eigenvalue weighted by molar-refractivity contribution is -0.384. The summed E-state index contributed by atoms with van der Waals surface area (Å²) in [4.78, 5) is 10.2. The zero-order valence-electron chi connectivity index (χ0n) is 10.3. The quantitative estimate of drug-likeness (QED) is 0.664. The number of rotatable bonds is 4. The molecular formula is C14H13ClN2O2. The summed E-state index contributed by atoms with van der Waals surface area (Å²) in [6, 6.07) is 14.7. The Morgan fingerprint density at radius 3 is 2.47 bits per heavy atom. The van der Waals surface area contributed by atoms with Crippen LogP contribution in [0.5, 0.6) is 0 Å². The Bertz CT molecular complexity index is 587. The van der Waals surface area contributed by atoms with Crippen molar-refractivity contribution in [1.29, 1.82) is 0 Å². The van der Waals surface area contributed by atoms with Gasteiger partial charge in [-0.25, -0.2) is 0 Å². The normalized spacial score (nSPS) is 11.9. The lowest BCUT2D eigenvalue weighted by Crippen LogP contribution is -2.06. The van der Waals surface area contributed by atoms with Crippen molar-refractivity contribution >= 4 is 23.0 Å². The molecule has 0 radical (unpaired) electrons. The maximum Gasteiger partial charge on any atom is 0.288 e. The third-order valence-electron chi connectivity index (χ3n) is 2.83. The van der Waals surface area contributed by atoms with Crippen molar-refractivity contribution in [1.82, 2.24) is 0 Å². The first-order chi connectivity index (χ1) is 9.08. The van der Waals surface area contributed by atoms with Crippen LogP contribution >= 0.6 is 11.6 Å². The lowest BCUT2D eigenvalue weighted by Gasteiger charge is -2.15. The average Bonchev–Trinajstić information content (AvgIpc) is 2.39. The monoisotopic (exact) mass is 276 g/mol. The molecule has 5 heteroatoms. The number of nitro groups is 1. The molecule has 2 aromatic carbocycles. The Morgan fingerprint density at radius 2 is 1.89 bits per heavy atom. The highest BCUT2D eigenvalue weighted by molar-refractivity contribution is 6.32. The second-order valence-corrected chi connectivity index (χ2v) is 4.61. The summed E-state index contributed by atoms with van der Waals surface area (Å²) in [7, 11) is 0. The molecule has 0 spiro atoms. The Hall–Kier alpha value is -2.07. The van der Waals surface area contributed by atoms with Crippen molar-refractivity contribution in [3.8, 4) is 0 Å². The molecule has 4 nitrogen and oxygen atoms in total. The minimum absolute atomic E-state index is 0.0837. The van der Waals surface area contributed by atoms with Crippen LogP contribution in [0.1, 0.15) is 18.5 Å². The minimum Gasteiger partial charge on any atom is -0.378 e. The van der Waals surface area contributed by atoms with E-state index < -0.39 is 4.92 Å². The van der Waals surface area contributed by atoms with Gasteiger partial charge in [-0.1, -0.05) is 41.9 Å². The van der Waals surface area contributed by atoms with E-state index in [1.165, 1.54) is 6.07 Å². The highest BCUT2D eigenvalue weighted by Gasteiger charge is 2.13. The molecular weight excluding hydrogens is 264 g/mol. The topological polar surface area (TPSA) is 55.2 Å². The molecule has 1 atom stereocenters. The van der Waals surface area contributed by atoms with Crippen molar-refractivity contribution in [2.75, 3.05) is 5.32 Å². The molecule has 0 saturated carbocycles. The van der Waals surface area contributed by atoms with E-state index in [4.69, 9.17) is 11.6 Å². The zero-order valence-corrected chi connectivity index (χ0v) is 11.1. The lowest BCUT2D eigenvalue weighted by atomic mass is 10.1. The van der Waals surface area contributed by atoms with Crippen molar-refractivity contribution in [3.63, 3.8) is 0 Å². The van der Waals surface area contributed by atoms with Gasteiger partial charge < -0.3 is 5.32 Å². The molecule has 0 amide bonds. The molecule has 0 bridgehead atoms. The van der Waals surface area contributed by atoms with Crippen molar-refractivity contribution < 1.29 is 4.92 Å². The number of nitrogens with zero attached hydrogens (tertiary/aromatic N) is 1. The summed E-state index contributed by atoms with van der Waals surface area (Å²) in [5, 5.41) is 14.1. The van der Waals surface area contributed by atoms with Gasteiger partial charge in [-0.3, -0.25) is 10.1 Å². The van der Waals surface area contributed by atoms with E-state index in [1.54, 1.807) is 12.1 Å². The Kier molecular flexibility index (Phi) is 4.02. The van der Waals surface area contributed by atoms with Crippen LogP contribution in [0.3, 0.4) is 0 Å². The molecule has 0 aliphatic heterocycles. The molecule has 2 rings (SSSR count). The molecule has 19 heavy (non-hydrogen) atoms. The van der Waals surface area contributed by atoms with Gasteiger partial charge in [0.25, 0.3) is 5.69 Å². The molecule has 0 fully saturated rings. The van der Waals surface area contributed by atoms with E-state index in [1.807, 2.05) is 37.3 Å². The highest BCUT2D eigenvalue weighted by Crippen LogP contribution is 2.29. The summed E-state index contributed by atoms with van der Waals surface area (Å²) in [5.74, 6) is 0. The van der Waals surface area contributed by atoms with Crippen molar-refractivity contribution in [2.24, 2.45) is 0 Å². The van der Waals surface area contributed by atoms with Gasteiger partial charge in [0.05, 0.1) is 4.92 Å². The van der Waals surface area contributed by atoms with Gasteiger partial charge in [0.2, 0.25) is 0 Å². The number of nitrogens with one attached hydrogen (secondary N) is 1. The molecule has 0 heterocycles. The molecule has 2 aromatic rings. The second-order valence-electron chi connectivity index (χ2n) is 4.20. The highest BCUT2D eigenvalue weighted by atomic mass is 35.5. The fraction of sp³-hybridized carbons (Fsp3) is 0.143. The summed E-state index contributed by atoms with van der Waals surface area (Å²) in [5.41, 5.74) is 1.81. The summed E-state index contributed by atoms with van der Waals surface area (Å²) >= 11 is 5.87. The molecule has 0 aliphatic rings. The van der Waals surface area contributed by atoms with Crippen LogP contribution in [0.15, 0.2) is 48.5 Å². The molecule has 1 N–H and O–H groups in total. The summed E-state index contributed by atoms with van der Waals surface area (Å²) < 4.78 is 0. The number of hydrogen-bond acceptors (Lipinski definition) is 3. The van der Waals surface area contributed by atoms with Gasteiger partial charge in [-0.05, 0) is 24.6 Å². The Labute approximate surface area is 116 Å². The number of hydrogen-bond donors (Lipinski definition) is 1. The first-order valence-electron chi connectivity index (χ1n) is 5.83. The van der Waals surface area contributed by atoms with Gasteiger partial charge in [0.1, 0.15) is 5.02 Å². The molecule has 0 saturated heterocycles. The number of halogens is 1. The van der Waals surface area contributed by atoms with Crippen molar-refractivity contribution in [3.05, 3.63) is 69.2 Å². The average molecular weight is 277 g/mol. The second kappa shape index (κ2) is 5.71. The Morgan fingerprint density at radius 1 is 1.21 bits per heavy atom. The molecule has 1 unspecified atom stereocenters. The first kappa shape index (κ1) is 13.4. The molecule has 0 aromatic heterocycles. The fourth-order valence-corrected chi connectivity index (χ4v) is 2.07. The summed E-state index contributed by atoms with van der Waals surface area (Å²) in [6.45, 7) is 2.02. The van der Waals surface area contributed by atoms with Crippen LogP contribution in [0.25, 0.3) is 0 Å². The SMILES string of the molecule is CC(Nc1ccc([N+](=O)[O-])c(Cl)c1)c1ccccc1. The van der Waals surface area contributed by atoms with E-state index in [2.05, 4.69) is 5.32 Å². The zero-order chi connectivity index (χ0) is 13.8. The van der Waals surface area contributed by atoms with Crippen LogP contribution < -0.4 is 5.32 Å². The minimum atomic E-state index is -0.493. The largest absolute Gasteiger partial charge is 0.378 e. The van der Waals surface area contributed by atoms with Crippen LogP contribution in [0, 0.1) is 10.1 Å². The van der Waals surface area contributed by atoms with Gasteiger partial charge in [-0.2, -0.15) is 0 Å². The van der Waals surface area contributed by atoms with Crippen molar-refractivity contribution in [2.45, 2.75) is 13.0 Å². The van der Waals surface area contributed by atoms with Gasteiger partial charge >= 0.3 is 0 Å². The standard InChI is InChI=1S/C14H13ClN2O2/c1-10(11-5-3-2-4-6-11)16-12-7-8-14(17(18)19)13(15)9-12/h2-10,16H,1H3. The first-order valence-corrected chi connectivity index (χ1v) is 6.21.